The van der Waals surface area contributed by atoms with E-state index in [0.29, 0.717) is 11.1 Å². The fourth-order valence-electron chi connectivity index (χ4n) is 3.00. The molecular formula is C21H14F3N3O. The van der Waals surface area contributed by atoms with Crippen LogP contribution in [0.1, 0.15) is 23.0 Å². The van der Waals surface area contributed by atoms with Crippen LogP contribution in [0.5, 0.6) is 0 Å². The number of pyridine rings is 1. The molecule has 2 heterocycles. The Kier molecular flexibility index (Phi) is 4.22. The Morgan fingerprint density at radius 2 is 1.71 bits per heavy atom. The number of carbonyl (C=O) groups is 1. The molecule has 0 amide bonds. The molecular weight excluding hydrogens is 367 g/mol. The molecule has 140 valence electrons. The molecule has 0 atom stereocenters. The number of ketones is 1. The Balaban J connectivity index is 1.84. The Labute approximate surface area is 158 Å². The molecule has 0 radical (unpaired) electrons. The van der Waals surface area contributed by atoms with Gasteiger partial charge in [0.2, 0.25) is 0 Å². The first-order chi connectivity index (χ1) is 13.3. The smallest absolute Gasteiger partial charge is 0.295 e. The minimum atomic E-state index is -4.53. The molecule has 0 saturated carbocycles. The summed E-state index contributed by atoms with van der Waals surface area (Å²) >= 11 is 0. The van der Waals surface area contributed by atoms with E-state index in [9.17, 15) is 18.0 Å². The number of Topliss-reactive ketones (excluding diaryl/α,β-unsaturated/α-hetero) is 1. The van der Waals surface area contributed by atoms with Crippen molar-refractivity contribution in [2.75, 3.05) is 0 Å². The molecule has 0 fully saturated rings. The lowest BCUT2D eigenvalue weighted by Gasteiger charge is -2.09. The van der Waals surface area contributed by atoms with Gasteiger partial charge in [0.05, 0.1) is 11.7 Å². The zero-order chi connectivity index (χ0) is 19.9. The van der Waals surface area contributed by atoms with Gasteiger partial charge in [0, 0.05) is 10.9 Å². The van der Waals surface area contributed by atoms with Gasteiger partial charge in [-0.05, 0) is 42.3 Å². The zero-order valence-electron chi connectivity index (χ0n) is 14.7. The molecule has 0 bridgehead atoms. The predicted molar refractivity (Wildman–Crippen MR) is 99.3 cm³/mol. The molecule has 0 unspecified atom stereocenters. The molecule has 0 saturated heterocycles. The first-order valence-corrected chi connectivity index (χ1v) is 8.47. The van der Waals surface area contributed by atoms with Gasteiger partial charge < -0.3 is 0 Å². The summed E-state index contributed by atoms with van der Waals surface area (Å²) in [6.45, 7) is 1.50. The van der Waals surface area contributed by atoms with Crippen LogP contribution in [0.3, 0.4) is 0 Å². The molecule has 2 aromatic carbocycles. The normalized spacial score (nSPS) is 11.7. The van der Waals surface area contributed by atoms with E-state index >= 15 is 0 Å². The number of aromatic nitrogens is 3. The molecule has 2 aromatic heterocycles. The van der Waals surface area contributed by atoms with Crippen LogP contribution >= 0.6 is 0 Å². The second kappa shape index (κ2) is 6.60. The van der Waals surface area contributed by atoms with E-state index in [2.05, 4.69) is 10.1 Å². The molecule has 0 N–H and O–H groups in total. The maximum atomic E-state index is 13.0. The van der Waals surface area contributed by atoms with E-state index in [1.807, 2.05) is 24.3 Å². The van der Waals surface area contributed by atoms with Crippen molar-refractivity contribution >= 4 is 16.7 Å². The van der Waals surface area contributed by atoms with E-state index in [1.54, 1.807) is 24.4 Å². The molecule has 0 aliphatic carbocycles. The van der Waals surface area contributed by atoms with E-state index in [0.717, 1.165) is 22.6 Å². The van der Waals surface area contributed by atoms with E-state index in [1.165, 1.54) is 23.7 Å². The number of fused-ring (bicyclic) bond motifs is 1. The molecule has 4 aromatic rings. The van der Waals surface area contributed by atoms with Crippen LogP contribution < -0.4 is 0 Å². The minimum absolute atomic E-state index is 0.0406. The van der Waals surface area contributed by atoms with Crippen molar-refractivity contribution in [1.82, 2.24) is 14.8 Å². The van der Waals surface area contributed by atoms with Crippen LogP contribution in [0, 0.1) is 0 Å². The zero-order valence-corrected chi connectivity index (χ0v) is 14.7. The Morgan fingerprint density at radius 3 is 2.46 bits per heavy atom. The third-order valence-electron chi connectivity index (χ3n) is 4.42. The molecule has 7 heteroatoms. The van der Waals surface area contributed by atoms with Crippen molar-refractivity contribution in [2.24, 2.45) is 0 Å². The maximum Gasteiger partial charge on any atom is 0.433 e. The van der Waals surface area contributed by atoms with Crippen LogP contribution in [0.15, 0.2) is 66.9 Å². The number of rotatable bonds is 3. The quantitative estimate of drug-likeness (QED) is 0.452. The SMILES string of the molecule is CC(=O)c1cccc(-c2ccc3cnn(-c4cccc(C(F)(F)F)n4)c3c2)c1. The van der Waals surface area contributed by atoms with Gasteiger partial charge in [-0.15, -0.1) is 0 Å². The van der Waals surface area contributed by atoms with Crippen molar-refractivity contribution < 1.29 is 18.0 Å². The van der Waals surface area contributed by atoms with Gasteiger partial charge in [-0.25, -0.2) is 9.67 Å². The lowest BCUT2D eigenvalue weighted by Crippen LogP contribution is -2.10. The number of hydrogen-bond acceptors (Lipinski definition) is 3. The van der Waals surface area contributed by atoms with Crippen LogP contribution in [0.2, 0.25) is 0 Å². The average Bonchev–Trinajstić information content (AvgIpc) is 3.10. The molecule has 4 nitrogen and oxygen atoms in total. The van der Waals surface area contributed by atoms with Crippen LogP contribution in [0.4, 0.5) is 13.2 Å². The molecule has 4 rings (SSSR count). The van der Waals surface area contributed by atoms with Gasteiger partial charge in [-0.1, -0.05) is 36.4 Å². The Hall–Kier alpha value is -3.48. The third-order valence-corrected chi connectivity index (χ3v) is 4.42. The molecule has 0 aliphatic rings. The second-order valence-electron chi connectivity index (χ2n) is 6.35. The van der Waals surface area contributed by atoms with E-state index < -0.39 is 11.9 Å². The molecule has 0 spiro atoms. The number of nitrogens with zero attached hydrogens (tertiary/aromatic N) is 3. The monoisotopic (exact) mass is 381 g/mol. The van der Waals surface area contributed by atoms with E-state index in [4.69, 9.17) is 0 Å². The highest BCUT2D eigenvalue weighted by Crippen LogP contribution is 2.30. The number of carbonyl (C=O) groups excluding carboxylic acids is 1. The predicted octanol–water partition coefficient (Wildman–Crippen LogP) is 5.31. The third kappa shape index (κ3) is 3.26. The van der Waals surface area contributed by atoms with Gasteiger partial charge in [0.1, 0.15) is 5.69 Å². The Morgan fingerprint density at radius 1 is 0.964 bits per heavy atom. The van der Waals surface area contributed by atoms with Gasteiger partial charge >= 0.3 is 6.18 Å². The summed E-state index contributed by atoms with van der Waals surface area (Å²) in [6, 6.07) is 16.4. The van der Waals surface area contributed by atoms with Crippen LogP contribution in [-0.4, -0.2) is 20.5 Å². The lowest BCUT2D eigenvalue weighted by atomic mass is 10.0. The van der Waals surface area contributed by atoms with E-state index in [-0.39, 0.29) is 11.6 Å². The number of halogens is 3. The summed E-state index contributed by atoms with van der Waals surface area (Å²) in [5.74, 6) is 0.0422. The van der Waals surface area contributed by atoms with Crippen molar-refractivity contribution in [3.63, 3.8) is 0 Å². The topological polar surface area (TPSA) is 47.8 Å². The average molecular weight is 381 g/mol. The standard InChI is InChI=1S/C21H14F3N3O/c1-13(28)14-4-2-5-15(10-14)16-8-9-17-12-25-27(18(17)11-16)20-7-3-6-19(26-20)21(22,23)24/h2-12H,1H3. The number of benzene rings is 2. The largest absolute Gasteiger partial charge is 0.433 e. The first-order valence-electron chi connectivity index (χ1n) is 8.47. The lowest BCUT2D eigenvalue weighted by molar-refractivity contribution is -0.141. The van der Waals surface area contributed by atoms with Crippen molar-refractivity contribution in [3.05, 3.63) is 78.1 Å². The number of hydrogen-bond donors (Lipinski definition) is 0. The van der Waals surface area contributed by atoms with Crippen LogP contribution in [-0.2, 0) is 6.18 Å². The minimum Gasteiger partial charge on any atom is -0.295 e. The van der Waals surface area contributed by atoms with Crippen molar-refractivity contribution in [3.8, 4) is 16.9 Å². The fraction of sp³-hybridized carbons (Fsp3) is 0.0952. The van der Waals surface area contributed by atoms with Crippen molar-refractivity contribution in [1.29, 1.82) is 0 Å². The fourth-order valence-corrected chi connectivity index (χ4v) is 3.00. The first kappa shape index (κ1) is 17.9. The summed E-state index contributed by atoms with van der Waals surface area (Å²) in [4.78, 5) is 15.3. The summed E-state index contributed by atoms with van der Waals surface area (Å²) in [5.41, 5.74) is 1.89. The van der Waals surface area contributed by atoms with Gasteiger partial charge in [-0.3, -0.25) is 4.79 Å². The summed E-state index contributed by atoms with van der Waals surface area (Å²) in [5, 5.41) is 4.97. The summed E-state index contributed by atoms with van der Waals surface area (Å²) in [6.07, 6.45) is -2.95. The highest BCUT2D eigenvalue weighted by molar-refractivity contribution is 5.95. The second-order valence-corrected chi connectivity index (χ2v) is 6.35. The van der Waals surface area contributed by atoms with Gasteiger partial charge in [-0.2, -0.15) is 18.3 Å². The maximum absolute atomic E-state index is 13.0. The van der Waals surface area contributed by atoms with Gasteiger partial charge in [0.25, 0.3) is 0 Å². The highest BCUT2D eigenvalue weighted by atomic mass is 19.4. The Bertz CT molecular complexity index is 1190. The van der Waals surface area contributed by atoms with Crippen LogP contribution in [0.25, 0.3) is 27.8 Å². The molecule has 0 aliphatic heterocycles. The highest BCUT2D eigenvalue weighted by Gasteiger charge is 2.32. The van der Waals surface area contributed by atoms with Gasteiger partial charge in [0.15, 0.2) is 11.6 Å². The summed E-state index contributed by atoms with van der Waals surface area (Å²) < 4.78 is 40.4. The van der Waals surface area contributed by atoms with Crippen molar-refractivity contribution in [2.45, 2.75) is 13.1 Å². The molecule has 28 heavy (non-hydrogen) atoms. The summed E-state index contributed by atoms with van der Waals surface area (Å²) in [7, 11) is 0. The number of alkyl halides is 3.